The summed E-state index contributed by atoms with van der Waals surface area (Å²) in [5.41, 5.74) is 10.5. The topological polar surface area (TPSA) is 76.1 Å². The quantitative estimate of drug-likeness (QED) is 0.683. The molecule has 0 spiro atoms. The molecule has 0 radical (unpaired) electrons. The van der Waals surface area contributed by atoms with E-state index in [-0.39, 0.29) is 12.4 Å². The Labute approximate surface area is 164 Å². The first-order chi connectivity index (χ1) is 13.6. The highest BCUT2D eigenvalue weighted by Crippen LogP contribution is 2.21. The molecule has 2 N–H and O–H groups in total. The van der Waals surface area contributed by atoms with Crippen LogP contribution in [0.4, 0.5) is 11.4 Å². The van der Waals surface area contributed by atoms with Gasteiger partial charge in [0.15, 0.2) is 0 Å². The van der Waals surface area contributed by atoms with Crippen LogP contribution in [0.25, 0.3) is 5.65 Å². The molecule has 1 fully saturated rings. The molecule has 0 aliphatic carbocycles. The number of pyridine rings is 1. The van der Waals surface area contributed by atoms with E-state index in [2.05, 4.69) is 39.0 Å². The summed E-state index contributed by atoms with van der Waals surface area (Å²) in [6, 6.07) is 14.2. The Morgan fingerprint density at radius 2 is 1.86 bits per heavy atom. The minimum Gasteiger partial charge on any atom is -0.469 e. The van der Waals surface area contributed by atoms with Gasteiger partial charge in [0.2, 0.25) is 0 Å². The molecule has 0 amide bonds. The lowest BCUT2D eigenvalue weighted by molar-refractivity contribution is -0.139. The second-order valence-corrected chi connectivity index (χ2v) is 7.05. The largest absolute Gasteiger partial charge is 0.469 e. The molecule has 0 bridgehead atoms. The highest BCUT2D eigenvalue weighted by Gasteiger charge is 2.22. The Hall–Kier alpha value is -3.06. The maximum Gasteiger partial charge on any atom is 0.311 e. The summed E-state index contributed by atoms with van der Waals surface area (Å²) in [6.07, 6.45) is 2.04. The Kier molecular flexibility index (Phi) is 5.16. The lowest BCUT2D eigenvalue weighted by Gasteiger charge is -2.36. The van der Waals surface area contributed by atoms with Crippen molar-refractivity contribution >= 4 is 23.0 Å². The molecule has 1 aromatic carbocycles. The number of nitrogens with zero attached hydrogens (tertiary/aromatic N) is 4. The van der Waals surface area contributed by atoms with E-state index in [1.165, 1.54) is 12.8 Å². The number of aromatic nitrogens is 2. The number of hydrogen-bond acceptors (Lipinski definition) is 6. The molecule has 7 nitrogen and oxygen atoms in total. The molecule has 3 aromatic rings. The SMILES string of the molecule is COC(=O)Cc1nc2ccc(N)cn2c1CN1CCN(c2ccccc2)CC1. The van der Waals surface area contributed by atoms with Gasteiger partial charge in [0.05, 0.1) is 24.9 Å². The van der Waals surface area contributed by atoms with E-state index in [4.69, 9.17) is 10.5 Å². The third kappa shape index (κ3) is 3.80. The number of ether oxygens (including phenoxy) is 1. The molecule has 146 valence electrons. The summed E-state index contributed by atoms with van der Waals surface area (Å²) in [5.74, 6) is -0.286. The number of nitrogen functional groups attached to an aromatic ring is 1. The van der Waals surface area contributed by atoms with Gasteiger partial charge in [0, 0.05) is 50.3 Å². The molecule has 0 unspecified atom stereocenters. The van der Waals surface area contributed by atoms with E-state index in [1.807, 2.05) is 28.8 Å². The van der Waals surface area contributed by atoms with E-state index in [1.54, 1.807) is 0 Å². The van der Waals surface area contributed by atoms with Crippen molar-refractivity contribution in [2.24, 2.45) is 0 Å². The van der Waals surface area contributed by atoms with Gasteiger partial charge in [-0.1, -0.05) is 18.2 Å². The van der Waals surface area contributed by atoms with Crippen LogP contribution in [-0.2, 0) is 22.5 Å². The zero-order valence-corrected chi connectivity index (χ0v) is 16.0. The van der Waals surface area contributed by atoms with Crippen LogP contribution in [0.1, 0.15) is 11.4 Å². The molecule has 4 rings (SSSR count). The van der Waals surface area contributed by atoms with Crippen molar-refractivity contribution in [3.05, 3.63) is 60.0 Å². The summed E-state index contributed by atoms with van der Waals surface area (Å²) in [4.78, 5) is 21.3. The number of rotatable bonds is 5. The first-order valence-corrected chi connectivity index (χ1v) is 9.48. The van der Waals surface area contributed by atoms with Crippen molar-refractivity contribution in [1.82, 2.24) is 14.3 Å². The van der Waals surface area contributed by atoms with Crippen LogP contribution in [0.15, 0.2) is 48.7 Å². The number of benzene rings is 1. The summed E-state index contributed by atoms with van der Waals surface area (Å²) in [7, 11) is 1.40. The zero-order chi connectivity index (χ0) is 19.5. The number of methoxy groups -OCH3 is 1. The number of anilines is 2. The van der Waals surface area contributed by atoms with Gasteiger partial charge >= 0.3 is 5.97 Å². The average Bonchev–Trinajstić information content (AvgIpc) is 3.05. The normalized spacial score (nSPS) is 15.1. The van der Waals surface area contributed by atoms with Crippen molar-refractivity contribution in [2.45, 2.75) is 13.0 Å². The molecule has 2 aromatic heterocycles. The zero-order valence-electron chi connectivity index (χ0n) is 16.0. The number of piperazine rings is 1. The number of carbonyl (C=O) groups excluding carboxylic acids is 1. The summed E-state index contributed by atoms with van der Waals surface area (Å²) in [5, 5.41) is 0. The standard InChI is InChI=1S/C21H25N5O2/c1-28-21(27)13-18-19(26-14-16(22)7-8-20(26)23-18)15-24-9-11-25(12-10-24)17-5-3-2-4-6-17/h2-8,14H,9-13,15,22H2,1H3. The highest BCUT2D eigenvalue weighted by atomic mass is 16.5. The molecule has 1 aliphatic rings. The molecule has 28 heavy (non-hydrogen) atoms. The van der Waals surface area contributed by atoms with Crippen LogP contribution in [0, 0.1) is 0 Å². The summed E-state index contributed by atoms with van der Waals surface area (Å²) < 4.78 is 6.85. The fourth-order valence-electron chi connectivity index (χ4n) is 3.69. The van der Waals surface area contributed by atoms with Gasteiger partial charge in [-0.3, -0.25) is 9.69 Å². The Bertz CT molecular complexity index is 962. The minimum atomic E-state index is -0.286. The highest BCUT2D eigenvalue weighted by molar-refractivity contribution is 5.72. The number of nitrogens with two attached hydrogens (primary N) is 1. The first kappa shape index (κ1) is 18.3. The van der Waals surface area contributed by atoms with E-state index in [0.29, 0.717) is 5.69 Å². The van der Waals surface area contributed by atoms with Crippen molar-refractivity contribution in [2.75, 3.05) is 43.9 Å². The monoisotopic (exact) mass is 379 g/mol. The van der Waals surface area contributed by atoms with Gasteiger partial charge in [0.25, 0.3) is 0 Å². The Balaban J connectivity index is 1.53. The Morgan fingerprint density at radius 1 is 1.11 bits per heavy atom. The maximum absolute atomic E-state index is 11.9. The van der Waals surface area contributed by atoms with Crippen molar-refractivity contribution in [3.8, 4) is 0 Å². The second kappa shape index (κ2) is 7.90. The average molecular weight is 379 g/mol. The van der Waals surface area contributed by atoms with E-state index in [9.17, 15) is 4.79 Å². The molecule has 0 atom stereocenters. The number of carbonyl (C=O) groups is 1. The third-order valence-electron chi connectivity index (χ3n) is 5.23. The van der Waals surface area contributed by atoms with Crippen molar-refractivity contribution < 1.29 is 9.53 Å². The van der Waals surface area contributed by atoms with Gasteiger partial charge in [-0.2, -0.15) is 0 Å². The molecule has 7 heteroatoms. The number of para-hydroxylation sites is 1. The maximum atomic E-state index is 11.9. The summed E-state index contributed by atoms with van der Waals surface area (Å²) in [6.45, 7) is 4.55. The van der Waals surface area contributed by atoms with Crippen molar-refractivity contribution in [3.63, 3.8) is 0 Å². The molecular formula is C21H25N5O2. The van der Waals surface area contributed by atoms with Gasteiger partial charge in [-0.15, -0.1) is 0 Å². The Morgan fingerprint density at radius 3 is 2.57 bits per heavy atom. The van der Waals surface area contributed by atoms with Crippen LogP contribution >= 0.6 is 0 Å². The minimum absolute atomic E-state index is 0.164. The van der Waals surface area contributed by atoms with E-state index < -0.39 is 0 Å². The fourth-order valence-corrected chi connectivity index (χ4v) is 3.69. The smallest absolute Gasteiger partial charge is 0.311 e. The van der Waals surface area contributed by atoms with Crippen molar-refractivity contribution in [1.29, 1.82) is 0 Å². The van der Waals surface area contributed by atoms with Crippen LogP contribution in [0.5, 0.6) is 0 Å². The molecule has 3 heterocycles. The number of fused-ring (bicyclic) bond motifs is 1. The van der Waals surface area contributed by atoms with E-state index >= 15 is 0 Å². The van der Waals surface area contributed by atoms with E-state index in [0.717, 1.165) is 49.8 Å². The third-order valence-corrected chi connectivity index (χ3v) is 5.23. The van der Waals surface area contributed by atoms with Gasteiger partial charge in [0.1, 0.15) is 5.65 Å². The van der Waals surface area contributed by atoms with Crippen LogP contribution < -0.4 is 10.6 Å². The molecule has 0 saturated carbocycles. The lowest BCUT2D eigenvalue weighted by atomic mass is 10.2. The fraction of sp³-hybridized carbons (Fsp3) is 0.333. The number of esters is 1. The lowest BCUT2D eigenvalue weighted by Crippen LogP contribution is -2.46. The van der Waals surface area contributed by atoms with Crippen LogP contribution in [0.3, 0.4) is 0 Å². The molecule has 1 saturated heterocycles. The van der Waals surface area contributed by atoms with Gasteiger partial charge in [-0.25, -0.2) is 4.98 Å². The molecular weight excluding hydrogens is 354 g/mol. The number of imidazole rings is 1. The first-order valence-electron chi connectivity index (χ1n) is 9.48. The predicted molar refractivity (Wildman–Crippen MR) is 109 cm³/mol. The molecule has 1 aliphatic heterocycles. The summed E-state index contributed by atoms with van der Waals surface area (Å²) >= 11 is 0. The van der Waals surface area contributed by atoms with Gasteiger partial charge in [-0.05, 0) is 24.3 Å². The van der Waals surface area contributed by atoms with Gasteiger partial charge < -0.3 is 19.8 Å². The number of hydrogen-bond donors (Lipinski definition) is 1. The van der Waals surface area contributed by atoms with Crippen LogP contribution in [-0.4, -0.2) is 53.5 Å². The second-order valence-electron chi connectivity index (χ2n) is 7.05. The van der Waals surface area contributed by atoms with Crippen LogP contribution in [0.2, 0.25) is 0 Å². The predicted octanol–water partition coefficient (Wildman–Crippen LogP) is 1.95.